The lowest BCUT2D eigenvalue weighted by Gasteiger charge is -2.25. The van der Waals surface area contributed by atoms with Crippen molar-refractivity contribution in [1.82, 2.24) is 14.5 Å². The third kappa shape index (κ3) is 2.17. The molecule has 0 fully saturated rings. The number of nitrogens with two attached hydrogens (primary N) is 1. The molecule has 0 unspecified atom stereocenters. The minimum atomic E-state index is -0.192. The van der Waals surface area contributed by atoms with E-state index in [0.29, 0.717) is 0 Å². The van der Waals surface area contributed by atoms with Gasteiger partial charge in [0.1, 0.15) is 11.3 Å². The Balaban J connectivity index is 2.20. The molecule has 2 heterocycles. The summed E-state index contributed by atoms with van der Waals surface area (Å²) < 4.78 is 2.26. The van der Waals surface area contributed by atoms with E-state index in [4.69, 9.17) is 10.7 Å². The first-order valence-electron chi connectivity index (χ1n) is 7.20. The Bertz CT molecular complexity index is 769. The molecule has 4 nitrogen and oxygen atoms in total. The van der Waals surface area contributed by atoms with Gasteiger partial charge < -0.3 is 10.3 Å². The third-order valence-corrected chi connectivity index (χ3v) is 4.06. The molecule has 21 heavy (non-hydrogen) atoms. The Kier molecular flexibility index (Phi) is 3.16. The summed E-state index contributed by atoms with van der Waals surface area (Å²) in [6, 6.07) is 10.1. The molecule has 0 amide bonds. The SMILES string of the molecule is CCn1c(C(C)(C)c2ccc(N)cc2)nc2cnccc21. The van der Waals surface area contributed by atoms with E-state index >= 15 is 0 Å². The summed E-state index contributed by atoms with van der Waals surface area (Å²) in [6.45, 7) is 7.41. The number of nitrogens with zero attached hydrogens (tertiary/aromatic N) is 3. The van der Waals surface area contributed by atoms with Crippen molar-refractivity contribution in [3.8, 4) is 0 Å². The van der Waals surface area contributed by atoms with E-state index < -0.39 is 0 Å². The zero-order valence-corrected chi connectivity index (χ0v) is 12.7. The zero-order valence-electron chi connectivity index (χ0n) is 12.7. The molecule has 0 radical (unpaired) electrons. The van der Waals surface area contributed by atoms with Gasteiger partial charge in [-0.05, 0) is 44.5 Å². The van der Waals surface area contributed by atoms with Crippen molar-refractivity contribution >= 4 is 16.7 Å². The first kappa shape index (κ1) is 13.6. The van der Waals surface area contributed by atoms with Gasteiger partial charge in [0, 0.05) is 23.8 Å². The monoisotopic (exact) mass is 280 g/mol. The van der Waals surface area contributed by atoms with E-state index in [1.165, 1.54) is 5.56 Å². The molecule has 0 bridgehead atoms. The number of imidazole rings is 1. The lowest BCUT2D eigenvalue weighted by molar-refractivity contribution is 0.548. The first-order chi connectivity index (χ1) is 10.0. The van der Waals surface area contributed by atoms with Gasteiger partial charge in [0.2, 0.25) is 0 Å². The summed E-state index contributed by atoms with van der Waals surface area (Å²) in [6.07, 6.45) is 3.64. The molecular weight excluding hydrogens is 260 g/mol. The predicted molar refractivity (Wildman–Crippen MR) is 86.2 cm³/mol. The van der Waals surface area contributed by atoms with Crippen LogP contribution in [0.25, 0.3) is 11.0 Å². The summed E-state index contributed by atoms with van der Waals surface area (Å²) in [5, 5.41) is 0. The molecule has 108 valence electrons. The molecule has 0 saturated carbocycles. The number of hydrogen-bond acceptors (Lipinski definition) is 3. The molecule has 3 aromatic rings. The molecule has 0 aliphatic heterocycles. The molecule has 1 aromatic carbocycles. The molecule has 4 heteroatoms. The van der Waals surface area contributed by atoms with Gasteiger partial charge in [-0.25, -0.2) is 4.98 Å². The molecule has 0 aliphatic rings. The van der Waals surface area contributed by atoms with E-state index in [1.54, 1.807) is 0 Å². The molecule has 0 saturated heterocycles. The van der Waals surface area contributed by atoms with Gasteiger partial charge in [-0.3, -0.25) is 4.98 Å². The van der Waals surface area contributed by atoms with Gasteiger partial charge in [-0.2, -0.15) is 0 Å². The molecule has 0 aliphatic carbocycles. The largest absolute Gasteiger partial charge is 0.399 e. The number of nitrogen functional groups attached to an aromatic ring is 1. The van der Waals surface area contributed by atoms with Crippen molar-refractivity contribution in [2.45, 2.75) is 32.7 Å². The van der Waals surface area contributed by atoms with Crippen molar-refractivity contribution in [1.29, 1.82) is 0 Å². The quantitative estimate of drug-likeness (QED) is 0.748. The normalized spacial score (nSPS) is 12.0. The first-order valence-corrected chi connectivity index (χ1v) is 7.20. The van der Waals surface area contributed by atoms with Crippen LogP contribution in [0.3, 0.4) is 0 Å². The Hall–Kier alpha value is -2.36. The van der Waals surface area contributed by atoms with E-state index in [1.807, 2.05) is 30.6 Å². The van der Waals surface area contributed by atoms with Crippen molar-refractivity contribution < 1.29 is 0 Å². The highest BCUT2D eigenvalue weighted by atomic mass is 15.1. The Morgan fingerprint density at radius 3 is 2.52 bits per heavy atom. The number of hydrogen-bond donors (Lipinski definition) is 1. The fraction of sp³-hybridized carbons (Fsp3) is 0.294. The second-order valence-electron chi connectivity index (χ2n) is 5.79. The number of pyridine rings is 1. The molecule has 3 rings (SSSR count). The fourth-order valence-corrected chi connectivity index (χ4v) is 2.81. The Morgan fingerprint density at radius 1 is 1.14 bits per heavy atom. The minimum Gasteiger partial charge on any atom is -0.399 e. The average molecular weight is 280 g/mol. The van der Waals surface area contributed by atoms with E-state index in [2.05, 4.69) is 42.5 Å². The topological polar surface area (TPSA) is 56.7 Å². The predicted octanol–water partition coefficient (Wildman–Crippen LogP) is 3.36. The molecular formula is C17H20N4. The summed E-state index contributed by atoms with van der Waals surface area (Å²) in [5.41, 5.74) is 9.66. The highest BCUT2D eigenvalue weighted by molar-refractivity contribution is 5.75. The van der Waals surface area contributed by atoms with Crippen LogP contribution in [-0.4, -0.2) is 14.5 Å². The number of aromatic nitrogens is 3. The van der Waals surface area contributed by atoms with Crippen LogP contribution in [0.2, 0.25) is 0 Å². The van der Waals surface area contributed by atoms with Gasteiger partial charge in [-0.1, -0.05) is 12.1 Å². The van der Waals surface area contributed by atoms with Crippen molar-refractivity contribution in [3.05, 3.63) is 54.1 Å². The standard InChI is InChI=1S/C17H20N4/c1-4-21-15-9-10-19-11-14(15)20-16(21)17(2,3)12-5-7-13(18)8-6-12/h5-11H,4,18H2,1-3H3. The van der Waals surface area contributed by atoms with Crippen LogP contribution < -0.4 is 5.73 Å². The van der Waals surface area contributed by atoms with E-state index in [-0.39, 0.29) is 5.41 Å². The van der Waals surface area contributed by atoms with E-state index in [9.17, 15) is 0 Å². The van der Waals surface area contributed by atoms with Crippen LogP contribution in [0.15, 0.2) is 42.7 Å². The van der Waals surface area contributed by atoms with Crippen LogP contribution in [0.4, 0.5) is 5.69 Å². The number of benzene rings is 1. The zero-order chi connectivity index (χ0) is 15.0. The third-order valence-electron chi connectivity index (χ3n) is 4.06. The highest BCUT2D eigenvalue weighted by Crippen LogP contribution is 2.33. The summed E-state index contributed by atoms with van der Waals surface area (Å²) >= 11 is 0. The van der Waals surface area contributed by atoms with Gasteiger partial charge in [-0.15, -0.1) is 0 Å². The van der Waals surface area contributed by atoms with Crippen LogP contribution in [0.1, 0.15) is 32.2 Å². The van der Waals surface area contributed by atoms with Crippen LogP contribution in [0.5, 0.6) is 0 Å². The van der Waals surface area contributed by atoms with E-state index in [0.717, 1.165) is 29.1 Å². The van der Waals surface area contributed by atoms with Crippen molar-refractivity contribution in [2.75, 3.05) is 5.73 Å². The van der Waals surface area contributed by atoms with Gasteiger partial charge in [0.25, 0.3) is 0 Å². The second-order valence-corrected chi connectivity index (χ2v) is 5.79. The number of aryl methyl sites for hydroxylation is 1. The van der Waals surface area contributed by atoms with Crippen LogP contribution in [0, 0.1) is 0 Å². The number of rotatable bonds is 3. The maximum Gasteiger partial charge on any atom is 0.120 e. The minimum absolute atomic E-state index is 0.192. The maximum absolute atomic E-state index is 5.80. The summed E-state index contributed by atoms with van der Waals surface area (Å²) in [7, 11) is 0. The van der Waals surface area contributed by atoms with Crippen LogP contribution in [-0.2, 0) is 12.0 Å². The number of fused-ring (bicyclic) bond motifs is 1. The lowest BCUT2D eigenvalue weighted by atomic mass is 9.83. The Labute approximate surface area is 124 Å². The van der Waals surface area contributed by atoms with Crippen LogP contribution >= 0.6 is 0 Å². The highest BCUT2D eigenvalue weighted by Gasteiger charge is 2.29. The Morgan fingerprint density at radius 2 is 1.86 bits per heavy atom. The molecule has 2 aromatic heterocycles. The fourth-order valence-electron chi connectivity index (χ4n) is 2.81. The van der Waals surface area contributed by atoms with Crippen molar-refractivity contribution in [3.63, 3.8) is 0 Å². The second kappa shape index (κ2) is 4.88. The maximum atomic E-state index is 5.80. The van der Waals surface area contributed by atoms with Gasteiger partial charge >= 0.3 is 0 Å². The number of anilines is 1. The van der Waals surface area contributed by atoms with Gasteiger partial charge in [0.15, 0.2) is 0 Å². The average Bonchev–Trinajstić information content (AvgIpc) is 2.87. The van der Waals surface area contributed by atoms with Gasteiger partial charge in [0.05, 0.1) is 11.7 Å². The smallest absolute Gasteiger partial charge is 0.120 e. The molecule has 0 atom stereocenters. The molecule has 0 spiro atoms. The summed E-state index contributed by atoms with van der Waals surface area (Å²) in [4.78, 5) is 9.00. The molecule has 2 N–H and O–H groups in total. The van der Waals surface area contributed by atoms with Crippen molar-refractivity contribution in [2.24, 2.45) is 0 Å². The lowest BCUT2D eigenvalue weighted by Crippen LogP contribution is -2.24. The summed E-state index contributed by atoms with van der Waals surface area (Å²) in [5.74, 6) is 1.05.